The molecule has 6 N–H and O–H groups in total. The van der Waals surface area contributed by atoms with Gasteiger partial charge in [0.05, 0.1) is 24.5 Å². The number of aliphatic hydroxyl groups excluding tert-OH is 2. The molecule has 0 aliphatic carbocycles. The molecule has 0 spiro atoms. The van der Waals surface area contributed by atoms with Crippen LogP contribution in [-0.2, 0) is 4.74 Å². The number of aliphatic hydroxyl groups is 2. The van der Waals surface area contributed by atoms with Gasteiger partial charge in [-0.1, -0.05) is 19.1 Å². The summed E-state index contributed by atoms with van der Waals surface area (Å²) in [4.78, 5) is 4.10. The largest absolute Gasteiger partial charge is 0.394 e. The Labute approximate surface area is 131 Å². The highest BCUT2D eigenvalue weighted by Gasteiger charge is 2.43. The lowest BCUT2D eigenvalue weighted by Gasteiger charge is -2.14. The lowest BCUT2D eigenvalue weighted by Crippen LogP contribution is -2.24. The van der Waals surface area contributed by atoms with E-state index in [2.05, 4.69) is 10.1 Å². The molecule has 1 aliphatic heterocycles. The molecule has 1 saturated heterocycles. The molecule has 22 heavy (non-hydrogen) atoms. The van der Waals surface area contributed by atoms with Crippen LogP contribution in [-0.4, -0.2) is 48.6 Å². The first-order chi connectivity index (χ1) is 10.5. The van der Waals surface area contributed by atoms with Gasteiger partial charge in [-0.25, -0.2) is 9.50 Å². The number of rotatable bonds is 3. The summed E-state index contributed by atoms with van der Waals surface area (Å²) >= 11 is 5.05. The van der Waals surface area contributed by atoms with Crippen LogP contribution < -0.4 is 11.5 Å². The molecule has 118 valence electrons. The van der Waals surface area contributed by atoms with Crippen molar-refractivity contribution in [2.45, 2.75) is 25.2 Å². The number of hydrogen-bond acceptors (Lipinski definition) is 7. The molecule has 9 heteroatoms. The Morgan fingerprint density at radius 1 is 1.55 bits per heavy atom. The standard InChI is InChI=1S/C13H17N5O3S/c1-5-8(3-19)21-11(10(5)20)7-2-6(13(15)22)9-12(14)16-4-17-18(7)9/h2,4-5,8,10-11,19-20H,3H2,1H3,(H2,15,22)(H2,14,16,17)/t5-,8-,10+,11+/m1/s1. The third-order valence-electron chi connectivity index (χ3n) is 4.10. The Morgan fingerprint density at radius 3 is 2.86 bits per heavy atom. The minimum absolute atomic E-state index is 0.157. The van der Waals surface area contributed by atoms with E-state index in [4.69, 9.17) is 28.4 Å². The molecular formula is C13H17N5O3S. The third kappa shape index (κ3) is 2.13. The second-order valence-corrected chi connectivity index (χ2v) is 5.82. The van der Waals surface area contributed by atoms with Crippen molar-refractivity contribution in [3.05, 3.63) is 23.7 Å². The minimum atomic E-state index is -0.786. The number of nitrogen functional groups attached to an aromatic ring is 1. The van der Waals surface area contributed by atoms with Gasteiger partial charge >= 0.3 is 0 Å². The Balaban J connectivity index is 2.16. The van der Waals surface area contributed by atoms with Gasteiger partial charge in [0.1, 0.15) is 22.9 Å². The summed E-state index contributed by atoms with van der Waals surface area (Å²) < 4.78 is 7.28. The van der Waals surface area contributed by atoms with Crippen LogP contribution in [0.25, 0.3) is 5.52 Å². The van der Waals surface area contributed by atoms with Crippen molar-refractivity contribution >= 4 is 28.5 Å². The zero-order valence-corrected chi connectivity index (χ0v) is 12.7. The van der Waals surface area contributed by atoms with Crippen molar-refractivity contribution in [1.82, 2.24) is 14.6 Å². The highest BCUT2D eigenvalue weighted by atomic mass is 32.1. The number of aromatic nitrogens is 3. The van der Waals surface area contributed by atoms with Gasteiger partial charge < -0.3 is 26.4 Å². The van der Waals surface area contributed by atoms with Crippen LogP contribution in [0.4, 0.5) is 5.82 Å². The molecular weight excluding hydrogens is 306 g/mol. The molecule has 2 aromatic rings. The van der Waals surface area contributed by atoms with Crippen molar-refractivity contribution in [1.29, 1.82) is 0 Å². The van der Waals surface area contributed by atoms with Crippen LogP contribution in [0, 0.1) is 5.92 Å². The summed E-state index contributed by atoms with van der Waals surface area (Å²) in [5.41, 5.74) is 13.2. The molecule has 3 rings (SSSR count). The monoisotopic (exact) mass is 323 g/mol. The number of nitrogens with two attached hydrogens (primary N) is 2. The first kappa shape index (κ1) is 15.1. The van der Waals surface area contributed by atoms with Gasteiger partial charge in [0.2, 0.25) is 0 Å². The van der Waals surface area contributed by atoms with Crippen molar-refractivity contribution < 1.29 is 14.9 Å². The first-order valence-electron chi connectivity index (χ1n) is 6.82. The van der Waals surface area contributed by atoms with Crippen molar-refractivity contribution in [3.8, 4) is 0 Å². The number of ether oxygens (including phenoxy) is 1. The number of anilines is 1. The Bertz CT molecular complexity index is 734. The maximum atomic E-state index is 10.4. The van der Waals surface area contributed by atoms with E-state index >= 15 is 0 Å². The van der Waals surface area contributed by atoms with Crippen LogP contribution in [0.1, 0.15) is 24.3 Å². The second kappa shape index (κ2) is 5.43. The van der Waals surface area contributed by atoms with Gasteiger partial charge in [0, 0.05) is 11.5 Å². The Kier molecular flexibility index (Phi) is 3.73. The minimum Gasteiger partial charge on any atom is -0.394 e. The van der Waals surface area contributed by atoms with E-state index in [-0.39, 0.29) is 23.3 Å². The summed E-state index contributed by atoms with van der Waals surface area (Å²) in [6.07, 6.45) is -0.579. The average Bonchev–Trinajstić information content (AvgIpc) is 3.00. The molecule has 1 fully saturated rings. The molecule has 0 radical (unpaired) electrons. The number of fused-ring (bicyclic) bond motifs is 1. The summed E-state index contributed by atoms with van der Waals surface area (Å²) in [6, 6.07) is 1.70. The number of hydrogen-bond donors (Lipinski definition) is 4. The molecule has 0 bridgehead atoms. The smallest absolute Gasteiger partial charge is 0.152 e. The molecule has 4 atom stereocenters. The average molecular weight is 323 g/mol. The molecule has 8 nitrogen and oxygen atoms in total. The molecule has 0 unspecified atom stereocenters. The highest BCUT2D eigenvalue weighted by Crippen LogP contribution is 2.38. The topological polar surface area (TPSA) is 132 Å². The normalized spacial score (nSPS) is 28.3. The maximum absolute atomic E-state index is 10.4. The summed E-state index contributed by atoms with van der Waals surface area (Å²) in [6.45, 7) is 1.65. The Morgan fingerprint density at radius 2 is 2.27 bits per heavy atom. The van der Waals surface area contributed by atoms with Crippen molar-refractivity contribution in [2.24, 2.45) is 11.7 Å². The molecule has 3 heterocycles. The number of nitrogens with zero attached hydrogens (tertiary/aromatic N) is 3. The van der Waals surface area contributed by atoms with E-state index in [9.17, 15) is 10.2 Å². The van der Waals surface area contributed by atoms with Gasteiger partial charge in [0.15, 0.2) is 5.82 Å². The molecule has 0 aromatic carbocycles. The first-order valence-corrected chi connectivity index (χ1v) is 7.22. The van der Waals surface area contributed by atoms with E-state index < -0.39 is 18.3 Å². The molecule has 2 aromatic heterocycles. The molecule has 0 amide bonds. The van der Waals surface area contributed by atoms with Crippen LogP contribution in [0.15, 0.2) is 12.4 Å². The fraction of sp³-hybridized carbons (Fsp3) is 0.462. The van der Waals surface area contributed by atoms with Crippen molar-refractivity contribution in [2.75, 3.05) is 12.3 Å². The van der Waals surface area contributed by atoms with Crippen LogP contribution in [0.3, 0.4) is 0 Å². The Hall–Kier alpha value is -1.81. The van der Waals surface area contributed by atoms with Crippen LogP contribution in [0.2, 0.25) is 0 Å². The summed E-state index contributed by atoms with van der Waals surface area (Å²) in [5.74, 6) is 0.0244. The summed E-state index contributed by atoms with van der Waals surface area (Å²) in [7, 11) is 0. The molecule has 1 aliphatic rings. The van der Waals surface area contributed by atoms with Gasteiger partial charge in [-0.05, 0) is 6.07 Å². The van der Waals surface area contributed by atoms with Gasteiger partial charge in [-0.2, -0.15) is 5.10 Å². The van der Waals surface area contributed by atoms with E-state index in [1.807, 2.05) is 6.92 Å². The fourth-order valence-electron chi connectivity index (χ4n) is 2.83. The number of thiocarbonyl (C=S) groups is 1. The van der Waals surface area contributed by atoms with E-state index in [0.717, 1.165) is 0 Å². The lowest BCUT2D eigenvalue weighted by molar-refractivity contribution is -0.0152. The quantitative estimate of drug-likeness (QED) is 0.549. The predicted molar refractivity (Wildman–Crippen MR) is 83.2 cm³/mol. The van der Waals surface area contributed by atoms with E-state index in [1.54, 1.807) is 6.07 Å². The second-order valence-electron chi connectivity index (χ2n) is 5.38. The summed E-state index contributed by atoms with van der Waals surface area (Å²) in [5, 5.41) is 23.9. The third-order valence-corrected chi connectivity index (χ3v) is 4.32. The fourth-order valence-corrected chi connectivity index (χ4v) is 2.98. The predicted octanol–water partition coefficient (Wildman–Crippen LogP) is -0.625. The van der Waals surface area contributed by atoms with Crippen LogP contribution >= 0.6 is 12.2 Å². The van der Waals surface area contributed by atoms with E-state index in [1.165, 1.54) is 10.8 Å². The zero-order valence-electron chi connectivity index (χ0n) is 11.9. The molecule has 0 saturated carbocycles. The SMILES string of the molecule is C[C@H]1[C@H](O)[C@H](c2cc(C(N)=S)c3c(N)ncnn23)O[C@@H]1CO. The highest BCUT2D eigenvalue weighted by molar-refractivity contribution is 7.80. The van der Waals surface area contributed by atoms with E-state index in [0.29, 0.717) is 16.8 Å². The lowest BCUT2D eigenvalue weighted by atomic mass is 9.97. The van der Waals surface area contributed by atoms with Crippen molar-refractivity contribution in [3.63, 3.8) is 0 Å². The van der Waals surface area contributed by atoms with Gasteiger partial charge in [0.25, 0.3) is 0 Å². The zero-order chi connectivity index (χ0) is 16.0. The van der Waals surface area contributed by atoms with Crippen LogP contribution in [0.5, 0.6) is 0 Å². The maximum Gasteiger partial charge on any atom is 0.152 e. The van der Waals surface area contributed by atoms with Gasteiger partial charge in [-0.3, -0.25) is 0 Å². The van der Waals surface area contributed by atoms with Gasteiger partial charge in [-0.15, -0.1) is 0 Å².